The maximum atomic E-state index is 12.3. The van der Waals surface area contributed by atoms with E-state index in [1.54, 1.807) is 13.0 Å². The predicted molar refractivity (Wildman–Crippen MR) is 97.6 cm³/mol. The SMILES string of the molecule is CCOC(=O)c1cc2cccc(NC(=O)CCc3ccccc3)c2[nH]1. The third-order valence-corrected chi connectivity index (χ3v) is 3.91. The van der Waals surface area contributed by atoms with Crippen molar-refractivity contribution < 1.29 is 14.3 Å². The Balaban J connectivity index is 1.72. The van der Waals surface area contributed by atoms with Crippen LogP contribution >= 0.6 is 0 Å². The van der Waals surface area contributed by atoms with Crippen LogP contribution in [0.4, 0.5) is 5.69 Å². The second kappa shape index (κ2) is 7.66. The zero-order chi connectivity index (χ0) is 17.6. The highest BCUT2D eigenvalue weighted by molar-refractivity contribution is 6.03. The minimum absolute atomic E-state index is 0.0661. The van der Waals surface area contributed by atoms with Gasteiger partial charge in [0.25, 0.3) is 0 Å². The number of anilines is 1. The lowest BCUT2D eigenvalue weighted by molar-refractivity contribution is -0.116. The molecule has 0 radical (unpaired) electrons. The molecule has 1 heterocycles. The Morgan fingerprint density at radius 1 is 1.08 bits per heavy atom. The van der Waals surface area contributed by atoms with Crippen molar-refractivity contribution in [1.82, 2.24) is 4.98 Å². The number of benzene rings is 2. The van der Waals surface area contributed by atoms with Crippen LogP contribution < -0.4 is 5.32 Å². The third-order valence-electron chi connectivity index (χ3n) is 3.91. The first-order valence-corrected chi connectivity index (χ1v) is 8.30. The average molecular weight is 336 g/mol. The van der Waals surface area contributed by atoms with Crippen molar-refractivity contribution in [2.24, 2.45) is 0 Å². The van der Waals surface area contributed by atoms with Crippen LogP contribution in [0.15, 0.2) is 54.6 Å². The first-order valence-electron chi connectivity index (χ1n) is 8.30. The van der Waals surface area contributed by atoms with Crippen LogP contribution in [-0.4, -0.2) is 23.5 Å². The summed E-state index contributed by atoms with van der Waals surface area (Å²) < 4.78 is 5.01. The first kappa shape index (κ1) is 16.8. The molecule has 2 N–H and O–H groups in total. The standard InChI is InChI=1S/C20H20N2O3/c1-2-25-20(24)17-13-15-9-6-10-16(19(15)22-17)21-18(23)12-11-14-7-4-3-5-8-14/h3-10,13,22H,2,11-12H2,1H3,(H,21,23). The number of hydrogen-bond acceptors (Lipinski definition) is 3. The van der Waals surface area contributed by atoms with E-state index in [1.165, 1.54) is 0 Å². The Labute approximate surface area is 146 Å². The highest BCUT2D eigenvalue weighted by atomic mass is 16.5. The third kappa shape index (κ3) is 4.07. The first-order chi connectivity index (χ1) is 12.2. The Hall–Kier alpha value is -3.08. The van der Waals surface area contributed by atoms with E-state index in [0.717, 1.165) is 16.5 Å². The van der Waals surface area contributed by atoms with Gasteiger partial charge in [-0.05, 0) is 31.0 Å². The van der Waals surface area contributed by atoms with E-state index in [9.17, 15) is 9.59 Å². The van der Waals surface area contributed by atoms with Crippen molar-refractivity contribution in [3.05, 3.63) is 65.9 Å². The van der Waals surface area contributed by atoms with Gasteiger partial charge < -0.3 is 15.0 Å². The number of para-hydroxylation sites is 1. The number of carbonyl (C=O) groups is 2. The molecule has 3 rings (SSSR count). The van der Waals surface area contributed by atoms with Gasteiger partial charge in [0.1, 0.15) is 5.69 Å². The van der Waals surface area contributed by atoms with Crippen molar-refractivity contribution in [2.45, 2.75) is 19.8 Å². The number of rotatable bonds is 6. The maximum Gasteiger partial charge on any atom is 0.354 e. The highest BCUT2D eigenvalue weighted by Gasteiger charge is 2.13. The zero-order valence-corrected chi connectivity index (χ0v) is 14.0. The van der Waals surface area contributed by atoms with Crippen LogP contribution in [0.25, 0.3) is 10.9 Å². The highest BCUT2D eigenvalue weighted by Crippen LogP contribution is 2.24. The van der Waals surface area contributed by atoms with Gasteiger partial charge in [-0.15, -0.1) is 0 Å². The molecule has 0 saturated heterocycles. The van der Waals surface area contributed by atoms with E-state index < -0.39 is 5.97 Å². The van der Waals surface area contributed by atoms with Gasteiger partial charge in [0.15, 0.2) is 0 Å². The van der Waals surface area contributed by atoms with Crippen LogP contribution in [-0.2, 0) is 16.0 Å². The molecule has 0 fully saturated rings. The Morgan fingerprint density at radius 3 is 2.64 bits per heavy atom. The fraction of sp³-hybridized carbons (Fsp3) is 0.200. The number of aromatic nitrogens is 1. The Morgan fingerprint density at radius 2 is 1.88 bits per heavy atom. The lowest BCUT2D eigenvalue weighted by atomic mass is 10.1. The van der Waals surface area contributed by atoms with Gasteiger partial charge in [-0.2, -0.15) is 0 Å². The summed E-state index contributed by atoms with van der Waals surface area (Å²) in [6.07, 6.45) is 1.08. The summed E-state index contributed by atoms with van der Waals surface area (Å²) in [6, 6.07) is 17.2. The Bertz CT molecular complexity index is 884. The minimum atomic E-state index is -0.403. The molecule has 0 aliphatic carbocycles. The molecule has 3 aromatic rings. The van der Waals surface area contributed by atoms with E-state index in [0.29, 0.717) is 30.8 Å². The summed E-state index contributed by atoms with van der Waals surface area (Å²) in [5.41, 5.74) is 2.88. The number of H-pyrrole nitrogens is 1. The van der Waals surface area contributed by atoms with E-state index in [4.69, 9.17) is 4.74 Å². The van der Waals surface area contributed by atoms with Gasteiger partial charge in [-0.3, -0.25) is 4.79 Å². The average Bonchev–Trinajstić information content (AvgIpc) is 3.07. The van der Waals surface area contributed by atoms with Crippen LogP contribution in [0.3, 0.4) is 0 Å². The second-order valence-electron chi connectivity index (χ2n) is 5.71. The number of aromatic amines is 1. The fourth-order valence-corrected chi connectivity index (χ4v) is 2.69. The molecule has 1 amide bonds. The molecule has 0 spiro atoms. The number of ether oxygens (including phenoxy) is 1. The number of fused-ring (bicyclic) bond motifs is 1. The topological polar surface area (TPSA) is 71.2 Å². The van der Waals surface area contributed by atoms with Crippen molar-refractivity contribution >= 4 is 28.5 Å². The smallest absolute Gasteiger partial charge is 0.354 e. The molecule has 1 aromatic heterocycles. The van der Waals surface area contributed by atoms with Crippen LogP contribution in [0, 0.1) is 0 Å². The largest absolute Gasteiger partial charge is 0.461 e. The maximum absolute atomic E-state index is 12.3. The summed E-state index contributed by atoms with van der Waals surface area (Å²) >= 11 is 0. The molecule has 5 nitrogen and oxygen atoms in total. The van der Waals surface area contributed by atoms with Crippen LogP contribution in [0.5, 0.6) is 0 Å². The van der Waals surface area contributed by atoms with Crippen LogP contribution in [0.1, 0.15) is 29.4 Å². The van der Waals surface area contributed by atoms with Gasteiger partial charge in [0.2, 0.25) is 5.91 Å². The summed E-state index contributed by atoms with van der Waals surface area (Å²) in [4.78, 5) is 27.2. The normalized spacial score (nSPS) is 10.6. The zero-order valence-electron chi connectivity index (χ0n) is 14.0. The number of esters is 1. The molecular formula is C20H20N2O3. The molecule has 128 valence electrons. The second-order valence-corrected chi connectivity index (χ2v) is 5.71. The van der Waals surface area contributed by atoms with Gasteiger partial charge in [-0.25, -0.2) is 4.79 Å². The van der Waals surface area contributed by atoms with Crippen molar-refractivity contribution in [3.63, 3.8) is 0 Å². The van der Waals surface area contributed by atoms with E-state index in [1.807, 2.05) is 48.5 Å². The monoisotopic (exact) mass is 336 g/mol. The number of amides is 1. The van der Waals surface area contributed by atoms with Crippen molar-refractivity contribution in [1.29, 1.82) is 0 Å². The lowest BCUT2D eigenvalue weighted by Gasteiger charge is -2.07. The van der Waals surface area contributed by atoms with Crippen LogP contribution in [0.2, 0.25) is 0 Å². The molecule has 0 atom stereocenters. The molecule has 0 unspecified atom stereocenters. The number of carbonyl (C=O) groups excluding carboxylic acids is 2. The molecule has 5 heteroatoms. The summed E-state index contributed by atoms with van der Waals surface area (Å²) in [5.74, 6) is -0.469. The lowest BCUT2D eigenvalue weighted by Crippen LogP contribution is -2.12. The van der Waals surface area contributed by atoms with Crippen molar-refractivity contribution in [2.75, 3.05) is 11.9 Å². The number of aryl methyl sites for hydroxylation is 1. The molecule has 25 heavy (non-hydrogen) atoms. The molecule has 0 aliphatic heterocycles. The molecule has 0 aliphatic rings. The van der Waals surface area contributed by atoms with Gasteiger partial charge in [-0.1, -0.05) is 42.5 Å². The van der Waals surface area contributed by atoms with Gasteiger partial charge >= 0.3 is 5.97 Å². The van der Waals surface area contributed by atoms with E-state index in [2.05, 4.69) is 10.3 Å². The molecule has 0 saturated carbocycles. The van der Waals surface area contributed by atoms with E-state index in [-0.39, 0.29) is 5.91 Å². The van der Waals surface area contributed by atoms with Gasteiger partial charge in [0, 0.05) is 11.8 Å². The summed E-state index contributed by atoms with van der Waals surface area (Å²) in [5, 5.41) is 3.77. The number of hydrogen-bond donors (Lipinski definition) is 2. The van der Waals surface area contributed by atoms with Gasteiger partial charge in [0.05, 0.1) is 17.8 Å². The molecule has 2 aromatic carbocycles. The predicted octanol–water partition coefficient (Wildman–Crippen LogP) is 3.92. The Kier molecular flexibility index (Phi) is 5.14. The number of nitrogens with one attached hydrogen (secondary N) is 2. The fourth-order valence-electron chi connectivity index (χ4n) is 2.69. The summed E-state index contributed by atoms with van der Waals surface area (Å²) in [6.45, 7) is 2.08. The quantitative estimate of drug-likeness (QED) is 0.670. The summed E-state index contributed by atoms with van der Waals surface area (Å²) in [7, 11) is 0. The van der Waals surface area contributed by atoms with E-state index >= 15 is 0 Å². The van der Waals surface area contributed by atoms with Crippen molar-refractivity contribution in [3.8, 4) is 0 Å². The minimum Gasteiger partial charge on any atom is -0.461 e. The molecular weight excluding hydrogens is 316 g/mol. The molecule has 0 bridgehead atoms.